The molecule has 1 aromatic rings. The molecule has 1 N–H and O–H groups in total. The molecule has 0 amide bonds. The maximum Gasteiger partial charge on any atom is 0.118 e. The molecule has 0 spiro atoms. The fraction of sp³-hybridized carbons (Fsp3) is 0.625. The molecular formula is C16H26O4. The summed E-state index contributed by atoms with van der Waals surface area (Å²) in [6.07, 6.45) is -0.919. The quantitative estimate of drug-likeness (QED) is 0.708. The zero-order valence-corrected chi connectivity index (χ0v) is 12.8. The first-order valence-corrected chi connectivity index (χ1v) is 7.06. The lowest BCUT2D eigenvalue weighted by Gasteiger charge is -2.20. The van der Waals surface area contributed by atoms with Gasteiger partial charge < -0.3 is 19.3 Å². The first-order valence-electron chi connectivity index (χ1n) is 7.06. The van der Waals surface area contributed by atoms with Crippen molar-refractivity contribution in [1.29, 1.82) is 0 Å². The number of aliphatic hydroxyl groups excluding tert-OH is 1. The molecule has 0 saturated heterocycles. The molecule has 114 valence electrons. The Labute approximate surface area is 121 Å². The molecule has 0 aliphatic carbocycles. The summed E-state index contributed by atoms with van der Waals surface area (Å²) in [6.45, 7) is 7.85. The number of benzene rings is 1. The van der Waals surface area contributed by atoms with Gasteiger partial charge in [-0.3, -0.25) is 0 Å². The number of rotatable bonds is 9. The fourth-order valence-corrected chi connectivity index (χ4v) is 1.78. The zero-order valence-electron chi connectivity index (χ0n) is 12.8. The van der Waals surface area contributed by atoms with Crippen LogP contribution in [0.15, 0.2) is 24.3 Å². The Balaban J connectivity index is 2.32. The van der Waals surface area contributed by atoms with Gasteiger partial charge in [0.2, 0.25) is 0 Å². The van der Waals surface area contributed by atoms with E-state index < -0.39 is 6.10 Å². The molecule has 0 fully saturated rings. The van der Waals surface area contributed by atoms with Gasteiger partial charge in [-0.15, -0.1) is 0 Å². The minimum Gasteiger partial charge on any atom is -0.497 e. The number of hydrogen-bond donors (Lipinski definition) is 1. The van der Waals surface area contributed by atoms with Gasteiger partial charge in [-0.2, -0.15) is 0 Å². The molecule has 2 atom stereocenters. The van der Waals surface area contributed by atoms with Crippen molar-refractivity contribution in [1.82, 2.24) is 0 Å². The van der Waals surface area contributed by atoms with Gasteiger partial charge in [0, 0.05) is 6.61 Å². The number of aliphatic hydroxyl groups is 1. The number of methoxy groups -OCH3 is 1. The van der Waals surface area contributed by atoms with Gasteiger partial charge in [0.05, 0.1) is 26.4 Å². The number of ether oxygens (including phenoxy) is 3. The molecule has 4 heteroatoms. The maximum atomic E-state index is 10.2. The van der Waals surface area contributed by atoms with E-state index in [0.717, 1.165) is 17.9 Å². The van der Waals surface area contributed by atoms with Gasteiger partial charge in [0.1, 0.15) is 11.9 Å². The Morgan fingerprint density at radius 2 is 1.70 bits per heavy atom. The van der Waals surface area contributed by atoms with Gasteiger partial charge in [0.15, 0.2) is 0 Å². The van der Waals surface area contributed by atoms with Crippen LogP contribution in [-0.4, -0.2) is 38.1 Å². The first kappa shape index (κ1) is 17.0. The third-order valence-electron chi connectivity index (χ3n) is 2.96. The summed E-state index contributed by atoms with van der Waals surface area (Å²) in [5.74, 6) is 1.30. The summed E-state index contributed by atoms with van der Waals surface area (Å²) in [7, 11) is 1.62. The minimum absolute atomic E-state index is 0.272. The molecule has 1 aromatic carbocycles. The highest BCUT2D eigenvalue weighted by molar-refractivity contribution is 5.28. The van der Waals surface area contributed by atoms with Gasteiger partial charge in [-0.05, 0) is 30.5 Å². The van der Waals surface area contributed by atoms with Crippen LogP contribution in [0, 0.1) is 5.92 Å². The second kappa shape index (κ2) is 8.95. The van der Waals surface area contributed by atoms with Crippen molar-refractivity contribution in [2.75, 3.05) is 26.9 Å². The molecule has 4 nitrogen and oxygen atoms in total. The van der Waals surface area contributed by atoms with Crippen LogP contribution in [0.1, 0.15) is 32.4 Å². The second-order valence-electron chi connectivity index (χ2n) is 5.26. The Bertz CT molecular complexity index is 361. The van der Waals surface area contributed by atoms with Gasteiger partial charge in [-0.1, -0.05) is 26.0 Å². The lowest BCUT2D eigenvalue weighted by molar-refractivity contribution is -0.0503. The summed E-state index contributed by atoms with van der Waals surface area (Å²) in [5, 5.41) is 10.2. The van der Waals surface area contributed by atoms with Crippen LogP contribution >= 0.6 is 0 Å². The van der Waals surface area contributed by atoms with Gasteiger partial charge in [0.25, 0.3) is 0 Å². The normalized spacial score (nSPS) is 14.3. The lowest BCUT2D eigenvalue weighted by atomic mass is 10.1. The van der Waals surface area contributed by atoms with E-state index in [2.05, 4.69) is 13.8 Å². The molecule has 0 aliphatic rings. The monoisotopic (exact) mass is 282 g/mol. The topological polar surface area (TPSA) is 47.9 Å². The van der Waals surface area contributed by atoms with E-state index in [-0.39, 0.29) is 6.10 Å². The van der Waals surface area contributed by atoms with E-state index in [1.54, 1.807) is 7.11 Å². The Hall–Kier alpha value is -1.10. The third-order valence-corrected chi connectivity index (χ3v) is 2.96. The lowest BCUT2D eigenvalue weighted by Crippen LogP contribution is -2.21. The van der Waals surface area contributed by atoms with Crippen molar-refractivity contribution >= 4 is 0 Å². The van der Waals surface area contributed by atoms with E-state index in [0.29, 0.717) is 19.1 Å². The summed E-state index contributed by atoms with van der Waals surface area (Å²) in [4.78, 5) is 0. The van der Waals surface area contributed by atoms with Gasteiger partial charge >= 0.3 is 0 Å². The van der Waals surface area contributed by atoms with Crippen molar-refractivity contribution in [3.63, 3.8) is 0 Å². The summed E-state index contributed by atoms with van der Waals surface area (Å²) in [5.41, 5.74) is 0.821. The third kappa shape index (κ3) is 5.90. The number of hydrogen-bond acceptors (Lipinski definition) is 4. The summed E-state index contributed by atoms with van der Waals surface area (Å²) >= 11 is 0. The van der Waals surface area contributed by atoms with Crippen LogP contribution in [0.4, 0.5) is 0 Å². The average molecular weight is 282 g/mol. The van der Waals surface area contributed by atoms with Crippen molar-refractivity contribution in [2.24, 2.45) is 5.92 Å². The predicted molar refractivity (Wildman–Crippen MR) is 79.0 cm³/mol. The highest BCUT2D eigenvalue weighted by atomic mass is 16.5. The average Bonchev–Trinajstić information content (AvgIpc) is 2.45. The SMILES string of the molecule is COc1ccc(C(O)C(C)OCCOCC(C)C)cc1. The minimum atomic E-state index is -0.647. The Morgan fingerprint density at radius 3 is 2.25 bits per heavy atom. The predicted octanol–water partition coefficient (Wildman–Crippen LogP) is 2.81. The van der Waals surface area contributed by atoms with E-state index in [4.69, 9.17) is 14.2 Å². The van der Waals surface area contributed by atoms with Crippen LogP contribution in [-0.2, 0) is 9.47 Å². The maximum absolute atomic E-state index is 10.2. The van der Waals surface area contributed by atoms with Crippen LogP contribution in [0.2, 0.25) is 0 Å². The molecule has 0 aliphatic heterocycles. The van der Waals surface area contributed by atoms with Crippen LogP contribution in [0.25, 0.3) is 0 Å². The van der Waals surface area contributed by atoms with Crippen molar-refractivity contribution in [2.45, 2.75) is 33.0 Å². The molecule has 0 radical (unpaired) electrons. The second-order valence-corrected chi connectivity index (χ2v) is 5.26. The molecular weight excluding hydrogens is 256 g/mol. The van der Waals surface area contributed by atoms with Crippen LogP contribution in [0.5, 0.6) is 5.75 Å². The molecule has 0 aromatic heterocycles. The smallest absolute Gasteiger partial charge is 0.118 e. The molecule has 0 saturated carbocycles. The molecule has 20 heavy (non-hydrogen) atoms. The van der Waals surface area contributed by atoms with E-state index >= 15 is 0 Å². The molecule has 0 bridgehead atoms. The Morgan fingerprint density at radius 1 is 1.05 bits per heavy atom. The highest BCUT2D eigenvalue weighted by Crippen LogP contribution is 2.21. The fourth-order valence-electron chi connectivity index (χ4n) is 1.78. The highest BCUT2D eigenvalue weighted by Gasteiger charge is 2.16. The van der Waals surface area contributed by atoms with Crippen LogP contribution < -0.4 is 4.74 Å². The Kier molecular flexibility index (Phi) is 7.59. The van der Waals surface area contributed by atoms with E-state index in [9.17, 15) is 5.11 Å². The van der Waals surface area contributed by atoms with Crippen molar-refractivity contribution < 1.29 is 19.3 Å². The first-order chi connectivity index (χ1) is 9.54. The zero-order chi connectivity index (χ0) is 15.0. The summed E-state index contributed by atoms with van der Waals surface area (Å²) < 4.78 is 16.1. The largest absolute Gasteiger partial charge is 0.497 e. The van der Waals surface area contributed by atoms with Crippen LogP contribution in [0.3, 0.4) is 0 Å². The summed E-state index contributed by atoms with van der Waals surface area (Å²) in [6, 6.07) is 7.35. The standard InChI is InChI=1S/C16H26O4/c1-12(2)11-19-9-10-20-13(3)16(17)14-5-7-15(18-4)8-6-14/h5-8,12-13,16-17H,9-11H2,1-4H3. The van der Waals surface area contributed by atoms with Gasteiger partial charge in [-0.25, -0.2) is 0 Å². The molecule has 0 heterocycles. The van der Waals surface area contributed by atoms with Crippen molar-refractivity contribution in [3.8, 4) is 5.75 Å². The van der Waals surface area contributed by atoms with Crippen molar-refractivity contribution in [3.05, 3.63) is 29.8 Å². The van der Waals surface area contributed by atoms with E-state index in [1.165, 1.54) is 0 Å². The molecule has 2 unspecified atom stereocenters. The molecule has 1 rings (SSSR count). The van der Waals surface area contributed by atoms with E-state index in [1.807, 2.05) is 31.2 Å².